The number of halogens is 2. The van der Waals surface area contributed by atoms with Crippen molar-refractivity contribution in [3.8, 4) is 0 Å². The molecule has 0 unspecified atom stereocenters. The fraction of sp³-hybridized carbons (Fsp3) is 0. The van der Waals surface area contributed by atoms with Crippen LogP contribution in [0.15, 0.2) is 16.6 Å². The van der Waals surface area contributed by atoms with Gasteiger partial charge in [-0.15, -0.1) is 0 Å². The van der Waals surface area contributed by atoms with Crippen molar-refractivity contribution in [2.24, 2.45) is 0 Å². The van der Waals surface area contributed by atoms with Crippen molar-refractivity contribution in [2.45, 2.75) is 0 Å². The summed E-state index contributed by atoms with van der Waals surface area (Å²) < 4.78 is 0.247. The summed E-state index contributed by atoms with van der Waals surface area (Å²) in [4.78, 5) is 21.2. The molecule has 74 valence electrons. The molecular weight excluding hydrogens is 275 g/mol. The van der Waals surface area contributed by atoms with E-state index in [4.69, 9.17) is 21.8 Å². The van der Waals surface area contributed by atoms with Gasteiger partial charge >= 0.3 is 11.9 Å². The lowest BCUT2D eigenvalue weighted by Gasteiger charge is -2.03. The van der Waals surface area contributed by atoms with Crippen LogP contribution in [-0.4, -0.2) is 22.2 Å². The number of benzene rings is 1. The monoisotopic (exact) mass is 278 g/mol. The number of carboxylic acids is 2. The zero-order chi connectivity index (χ0) is 10.9. The first-order chi connectivity index (χ1) is 6.43. The Morgan fingerprint density at radius 2 is 1.79 bits per heavy atom. The number of hydrogen-bond acceptors (Lipinski definition) is 2. The Morgan fingerprint density at radius 3 is 2.21 bits per heavy atom. The number of rotatable bonds is 2. The Balaban J connectivity index is 3.43. The zero-order valence-corrected chi connectivity index (χ0v) is 8.96. The highest BCUT2D eigenvalue weighted by Gasteiger charge is 2.15. The molecule has 1 aromatic rings. The van der Waals surface area contributed by atoms with E-state index in [0.29, 0.717) is 0 Å². The second-order valence-electron chi connectivity index (χ2n) is 2.43. The summed E-state index contributed by atoms with van der Waals surface area (Å²) in [6.45, 7) is 0. The van der Waals surface area contributed by atoms with Gasteiger partial charge in [0.05, 0.1) is 16.1 Å². The molecule has 1 rings (SSSR count). The van der Waals surface area contributed by atoms with E-state index in [1.54, 1.807) is 0 Å². The van der Waals surface area contributed by atoms with Gasteiger partial charge in [-0.25, -0.2) is 9.59 Å². The van der Waals surface area contributed by atoms with Crippen LogP contribution in [0.4, 0.5) is 0 Å². The summed E-state index contributed by atoms with van der Waals surface area (Å²) in [6, 6.07) is 2.26. The molecule has 0 amide bonds. The standard InChI is InChI=1S/C8H4BrClO4/c9-5-2-3(7(11)12)1-4(6(5)10)8(13)14/h1-2H,(H,11,12)(H,13,14). The number of aromatic carboxylic acids is 2. The average molecular weight is 279 g/mol. The number of hydrogen-bond donors (Lipinski definition) is 2. The maximum absolute atomic E-state index is 10.7. The second-order valence-corrected chi connectivity index (χ2v) is 3.66. The third-order valence-corrected chi connectivity index (χ3v) is 2.77. The maximum Gasteiger partial charge on any atom is 0.337 e. The summed E-state index contributed by atoms with van der Waals surface area (Å²) in [6.07, 6.45) is 0. The minimum atomic E-state index is -1.26. The molecule has 0 aliphatic rings. The van der Waals surface area contributed by atoms with E-state index in [1.165, 1.54) is 6.07 Å². The van der Waals surface area contributed by atoms with Crippen molar-refractivity contribution in [2.75, 3.05) is 0 Å². The fourth-order valence-electron chi connectivity index (χ4n) is 0.868. The van der Waals surface area contributed by atoms with Crippen molar-refractivity contribution in [3.05, 3.63) is 32.8 Å². The molecule has 4 nitrogen and oxygen atoms in total. The predicted molar refractivity (Wildman–Crippen MR) is 53.1 cm³/mol. The van der Waals surface area contributed by atoms with Gasteiger partial charge in [0.25, 0.3) is 0 Å². The molecule has 0 spiro atoms. The van der Waals surface area contributed by atoms with Crippen LogP contribution in [0.25, 0.3) is 0 Å². The van der Waals surface area contributed by atoms with Gasteiger partial charge in [-0.3, -0.25) is 0 Å². The lowest BCUT2D eigenvalue weighted by Crippen LogP contribution is -2.03. The van der Waals surface area contributed by atoms with Gasteiger partial charge in [0, 0.05) is 4.47 Å². The summed E-state index contributed by atoms with van der Waals surface area (Å²) in [5.74, 6) is -2.47. The molecule has 0 saturated carbocycles. The minimum absolute atomic E-state index is 0.0116. The molecule has 0 saturated heterocycles. The molecule has 2 N–H and O–H groups in total. The Hall–Kier alpha value is -1.07. The fourth-order valence-corrected chi connectivity index (χ4v) is 1.52. The van der Waals surface area contributed by atoms with E-state index in [1.807, 2.05) is 0 Å². The summed E-state index contributed by atoms with van der Waals surface area (Å²) in [5.41, 5.74) is -0.364. The van der Waals surface area contributed by atoms with Gasteiger partial charge in [0.2, 0.25) is 0 Å². The van der Waals surface area contributed by atoms with E-state index in [9.17, 15) is 9.59 Å². The van der Waals surface area contributed by atoms with Gasteiger partial charge in [0.15, 0.2) is 0 Å². The Kier molecular flexibility index (Phi) is 3.13. The van der Waals surface area contributed by atoms with E-state index in [-0.39, 0.29) is 20.6 Å². The first-order valence-electron chi connectivity index (χ1n) is 3.39. The van der Waals surface area contributed by atoms with Crippen LogP contribution >= 0.6 is 27.5 Å². The molecule has 0 fully saturated rings. The SMILES string of the molecule is O=C(O)c1cc(Br)c(Cl)c(C(=O)O)c1. The van der Waals surface area contributed by atoms with Gasteiger partial charge in [-0.1, -0.05) is 11.6 Å². The summed E-state index contributed by atoms with van der Waals surface area (Å²) in [5, 5.41) is 17.3. The van der Waals surface area contributed by atoms with Crippen LogP contribution in [0.3, 0.4) is 0 Å². The van der Waals surface area contributed by atoms with E-state index in [2.05, 4.69) is 15.9 Å². The first-order valence-corrected chi connectivity index (χ1v) is 4.56. The molecule has 0 radical (unpaired) electrons. The minimum Gasteiger partial charge on any atom is -0.478 e. The van der Waals surface area contributed by atoms with Crippen LogP contribution in [0.2, 0.25) is 5.02 Å². The topological polar surface area (TPSA) is 74.6 Å². The molecule has 0 atom stereocenters. The molecule has 0 heterocycles. The highest BCUT2D eigenvalue weighted by molar-refractivity contribution is 9.10. The first kappa shape index (κ1) is 11.0. The second kappa shape index (κ2) is 3.98. The normalized spacial score (nSPS) is 9.86. The van der Waals surface area contributed by atoms with Crippen LogP contribution in [-0.2, 0) is 0 Å². The van der Waals surface area contributed by atoms with Crippen LogP contribution in [0.1, 0.15) is 20.7 Å². The maximum atomic E-state index is 10.7. The van der Waals surface area contributed by atoms with Crippen molar-refractivity contribution >= 4 is 39.5 Å². The highest BCUT2D eigenvalue weighted by atomic mass is 79.9. The van der Waals surface area contributed by atoms with Crippen molar-refractivity contribution in [3.63, 3.8) is 0 Å². The smallest absolute Gasteiger partial charge is 0.337 e. The van der Waals surface area contributed by atoms with Crippen LogP contribution in [0, 0.1) is 0 Å². The van der Waals surface area contributed by atoms with Crippen LogP contribution in [0.5, 0.6) is 0 Å². The summed E-state index contributed by atoms with van der Waals surface area (Å²) >= 11 is 8.62. The lowest BCUT2D eigenvalue weighted by atomic mass is 10.1. The molecule has 0 aliphatic carbocycles. The molecular formula is C8H4BrClO4. The molecule has 0 aliphatic heterocycles. The third kappa shape index (κ3) is 2.05. The van der Waals surface area contributed by atoms with Crippen molar-refractivity contribution in [1.82, 2.24) is 0 Å². The highest BCUT2D eigenvalue weighted by Crippen LogP contribution is 2.28. The average Bonchev–Trinajstić information content (AvgIpc) is 2.08. The third-order valence-electron chi connectivity index (χ3n) is 1.51. The van der Waals surface area contributed by atoms with E-state index < -0.39 is 11.9 Å². The van der Waals surface area contributed by atoms with Gasteiger partial charge in [-0.05, 0) is 28.1 Å². The Bertz CT molecular complexity index is 416. The molecule has 1 aromatic carbocycles. The lowest BCUT2D eigenvalue weighted by molar-refractivity contribution is 0.0696. The quantitative estimate of drug-likeness (QED) is 0.872. The largest absolute Gasteiger partial charge is 0.478 e. The van der Waals surface area contributed by atoms with Gasteiger partial charge < -0.3 is 10.2 Å². The molecule has 0 aromatic heterocycles. The van der Waals surface area contributed by atoms with E-state index in [0.717, 1.165) is 6.07 Å². The zero-order valence-electron chi connectivity index (χ0n) is 6.62. The van der Waals surface area contributed by atoms with Crippen molar-refractivity contribution < 1.29 is 19.8 Å². The summed E-state index contributed by atoms with van der Waals surface area (Å²) in [7, 11) is 0. The van der Waals surface area contributed by atoms with Gasteiger partial charge in [0.1, 0.15) is 0 Å². The van der Waals surface area contributed by atoms with E-state index >= 15 is 0 Å². The number of carbonyl (C=O) groups is 2. The molecule has 14 heavy (non-hydrogen) atoms. The van der Waals surface area contributed by atoms with Crippen LogP contribution < -0.4 is 0 Å². The Morgan fingerprint density at radius 1 is 1.21 bits per heavy atom. The van der Waals surface area contributed by atoms with Crippen molar-refractivity contribution in [1.29, 1.82) is 0 Å². The Labute approximate surface area is 92.2 Å². The number of carboxylic acid groups (broad SMARTS) is 2. The van der Waals surface area contributed by atoms with Gasteiger partial charge in [-0.2, -0.15) is 0 Å². The molecule has 0 bridgehead atoms. The molecule has 6 heteroatoms. The predicted octanol–water partition coefficient (Wildman–Crippen LogP) is 2.50.